The van der Waals surface area contributed by atoms with Crippen LogP contribution in [0, 0.1) is 5.82 Å². The molecule has 0 spiro atoms. The highest BCUT2D eigenvalue weighted by molar-refractivity contribution is 7.89. The summed E-state index contributed by atoms with van der Waals surface area (Å²) >= 11 is 0. The Morgan fingerprint density at radius 1 is 1.43 bits per heavy atom. The van der Waals surface area contributed by atoms with Gasteiger partial charge in [0.05, 0.1) is 23.2 Å². The summed E-state index contributed by atoms with van der Waals surface area (Å²) in [5, 5.41) is 4.90. The number of ether oxygens (including phenoxy) is 1. The Bertz CT molecular complexity index is 617. The van der Waals surface area contributed by atoms with Gasteiger partial charge in [0.15, 0.2) is 0 Å². The number of likely N-dealkylation sites (N-methyl/N-ethyl adjacent to an activating group) is 1. The minimum absolute atomic E-state index is 0.0410. The lowest BCUT2D eigenvalue weighted by molar-refractivity contribution is 0.0529. The second kappa shape index (κ2) is 6.97. The van der Waals surface area contributed by atoms with Gasteiger partial charge in [0, 0.05) is 13.6 Å². The molecule has 0 aliphatic rings. The lowest BCUT2D eigenvalue weighted by Crippen LogP contribution is -2.31. The quantitative estimate of drug-likeness (QED) is 0.846. The first-order valence-corrected chi connectivity index (χ1v) is 7.87. The summed E-state index contributed by atoms with van der Waals surface area (Å²) in [5.41, 5.74) is -0.213. The molecule has 0 heterocycles. The van der Waals surface area contributed by atoms with Crippen LogP contribution in [0.15, 0.2) is 23.1 Å². The summed E-state index contributed by atoms with van der Waals surface area (Å²) in [6.07, 6.45) is 0.0410. The van der Waals surface area contributed by atoms with E-state index >= 15 is 0 Å². The normalized spacial score (nSPS) is 11.7. The van der Waals surface area contributed by atoms with Crippen molar-refractivity contribution >= 4 is 15.9 Å². The van der Waals surface area contributed by atoms with Crippen molar-refractivity contribution in [2.24, 2.45) is 5.14 Å². The van der Waals surface area contributed by atoms with Crippen molar-refractivity contribution < 1.29 is 22.3 Å². The van der Waals surface area contributed by atoms with Crippen LogP contribution in [-0.2, 0) is 14.8 Å². The molecule has 0 saturated carbocycles. The standard InChI is InChI=1S/C13H19FN2O4S/c1-9(2)20-7-6-16(3)13(17)11-5-4-10(8-12(11)14)21(15,18)19/h4-5,8-9H,6-7H2,1-3H3,(H2,15,18,19). The number of hydrogen-bond donors (Lipinski definition) is 1. The van der Waals surface area contributed by atoms with Crippen molar-refractivity contribution in [3.8, 4) is 0 Å². The number of halogens is 1. The highest BCUT2D eigenvalue weighted by Gasteiger charge is 2.19. The topological polar surface area (TPSA) is 89.7 Å². The van der Waals surface area contributed by atoms with Gasteiger partial charge in [0.2, 0.25) is 10.0 Å². The van der Waals surface area contributed by atoms with Crippen molar-refractivity contribution in [1.29, 1.82) is 0 Å². The fourth-order valence-corrected chi connectivity index (χ4v) is 2.10. The van der Waals surface area contributed by atoms with Crippen molar-refractivity contribution in [3.05, 3.63) is 29.6 Å². The Balaban J connectivity index is 2.83. The first-order chi connectivity index (χ1) is 9.62. The summed E-state index contributed by atoms with van der Waals surface area (Å²) in [4.78, 5) is 13.0. The maximum absolute atomic E-state index is 13.8. The first-order valence-electron chi connectivity index (χ1n) is 6.32. The average molecular weight is 318 g/mol. The molecule has 1 rings (SSSR count). The van der Waals surface area contributed by atoms with Crippen molar-refractivity contribution in [2.75, 3.05) is 20.2 Å². The molecular weight excluding hydrogens is 299 g/mol. The lowest BCUT2D eigenvalue weighted by atomic mass is 10.2. The van der Waals surface area contributed by atoms with Gasteiger partial charge < -0.3 is 9.64 Å². The van der Waals surface area contributed by atoms with Crippen LogP contribution in [0.1, 0.15) is 24.2 Å². The maximum atomic E-state index is 13.8. The zero-order chi connectivity index (χ0) is 16.2. The second-order valence-corrected chi connectivity index (χ2v) is 6.39. The van der Waals surface area contributed by atoms with Crippen LogP contribution in [-0.4, -0.2) is 45.5 Å². The van der Waals surface area contributed by atoms with Crippen LogP contribution in [0.2, 0.25) is 0 Å². The molecule has 2 N–H and O–H groups in total. The van der Waals surface area contributed by atoms with Gasteiger partial charge >= 0.3 is 0 Å². The molecule has 0 aliphatic heterocycles. The molecule has 0 atom stereocenters. The molecule has 1 aromatic rings. The van der Waals surface area contributed by atoms with E-state index in [1.807, 2.05) is 13.8 Å². The third-order valence-electron chi connectivity index (χ3n) is 2.72. The SMILES string of the molecule is CC(C)OCCN(C)C(=O)c1ccc(S(N)(=O)=O)cc1F. The first kappa shape index (κ1) is 17.5. The number of benzene rings is 1. The molecular formula is C13H19FN2O4S. The number of amides is 1. The van der Waals surface area contributed by atoms with Gasteiger partial charge in [0.1, 0.15) is 5.82 Å². The predicted molar refractivity (Wildman–Crippen MR) is 75.8 cm³/mol. The number of nitrogens with two attached hydrogens (primary N) is 1. The molecule has 0 bridgehead atoms. The van der Waals surface area contributed by atoms with Gasteiger partial charge in [-0.1, -0.05) is 0 Å². The molecule has 0 saturated heterocycles. The number of nitrogens with zero attached hydrogens (tertiary/aromatic N) is 1. The highest BCUT2D eigenvalue weighted by atomic mass is 32.2. The highest BCUT2D eigenvalue weighted by Crippen LogP contribution is 2.15. The van der Waals surface area contributed by atoms with E-state index in [-0.39, 0.29) is 16.6 Å². The number of carbonyl (C=O) groups is 1. The van der Waals surface area contributed by atoms with Gasteiger partial charge in [-0.05, 0) is 32.0 Å². The predicted octanol–water partition coefficient (Wildman–Crippen LogP) is 0.970. The van der Waals surface area contributed by atoms with E-state index in [0.717, 1.165) is 18.2 Å². The number of primary sulfonamides is 1. The Morgan fingerprint density at radius 3 is 2.52 bits per heavy atom. The van der Waals surface area contributed by atoms with Crippen LogP contribution in [0.5, 0.6) is 0 Å². The molecule has 0 fully saturated rings. The maximum Gasteiger partial charge on any atom is 0.256 e. The lowest BCUT2D eigenvalue weighted by Gasteiger charge is -2.18. The van der Waals surface area contributed by atoms with Crippen LogP contribution in [0.25, 0.3) is 0 Å². The van der Waals surface area contributed by atoms with Gasteiger partial charge in [-0.25, -0.2) is 17.9 Å². The zero-order valence-corrected chi connectivity index (χ0v) is 13.0. The molecule has 0 aromatic heterocycles. The number of rotatable bonds is 6. The van der Waals surface area contributed by atoms with Gasteiger partial charge in [-0.15, -0.1) is 0 Å². The van der Waals surface area contributed by atoms with Crippen LogP contribution in [0.3, 0.4) is 0 Å². The largest absolute Gasteiger partial charge is 0.377 e. The Labute approximate surface area is 123 Å². The van der Waals surface area contributed by atoms with Gasteiger partial charge in [-0.2, -0.15) is 0 Å². The van der Waals surface area contributed by atoms with E-state index in [9.17, 15) is 17.6 Å². The minimum Gasteiger partial charge on any atom is -0.377 e. The Hall–Kier alpha value is -1.51. The fourth-order valence-electron chi connectivity index (χ4n) is 1.58. The third-order valence-corrected chi connectivity index (χ3v) is 3.64. The summed E-state index contributed by atoms with van der Waals surface area (Å²) < 4.78 is 41.4. The molecule has 0 aliphatic carbocycles. The monoisotopic (exact) mass is 318 g/mol. The summed E-state index contributed by atoms with van der Waals surface area (Å²) in [6, 6.07) is 2.95. The van der Waals surface area contributed by atoms with Crippen molar-refractivity contribution in [3.63, 3.8) is 0 Å². The average Bonchev–Trinajstić information content (AvgIpc) is 2.36. The number of carbonyl (C=O) groups excluding carboxylic acids is 1. The van der Waals surface area contributed by atoms with Gasteiger partial charge in [0.25, 0.3) is 5.91 Å². The van der Waals surface area contributed by atoms with E-state index in [1.54, 1.807) is 0 Å². The molecule has 6 nitrogen and oxygen atoms in total. The molecule has 118 valence electrons. The van der Waals surface area contributed by atoms with E-state index in [2.05, 4.69) is 0 Å². The molecule has 0 radical (unpaired) electrons. The number of sulfonamides is 1. The third kappa shape index (κ3) is 5.07. The summed E-state index contributed by atoms with van der Waals surface area (Å²) in [7, 11) is -2.48. The Kier molecular flexibility index (Phi) is 5.82. The molecule has 0 unspecified atom stereocenters. The van der Waals surface area contributed by atoms with Gasteiger partial charge in [-0.3, -0.25) is 4.79 Å². The van der Waals surface area contributed by atoms with Crippen molar-refractivity contribution in [2.45, 2.75) is 24.8 Å². The van der Waals surface area contributed by atoms with E-state index in [4.69, 9.17) is 9.88 Å². The molecule has 8 heteroatoms. The molecule has 1 amide bonds. The summed E-state index contributed by atoms with van der Waals surface area (Å²) in [5.74, 6) is -1.48. The Morgan fingerprint density at radius 2 is 2.05 bits per heavy atom. The van der Waals surface area contributed by atoms with E-state index in [0.29, 0.717) is 13.2 Å². The summed E-state index contributed by atoms with van der Waals surface area (Å²) in [6.45, 7) is 4.37. The van der Waals surface area contributed by atoms with Crippen LogP contribution < -0.4 is 5.14 Å². The smallest absolute Gasteiger partial charge is 0.256 e. The van der Waals surface area contributed by atoms with E-state index < -0.39 is 21.7 Å². The molecule has 1 aromatic carbocycles. The van der Waals surface area contributed by atoms with Crippen molar-refractivity contribution in [1.82, 2.24) is 4.90 Å². The zero-order valence-electron chi connectivity index (χ0n) is 12.2. The minimum atomic E-state index is -4.00. The fraction of sp³-hybridized carbons (Fsp3) is 0.462. The molecule has 21 heavy (non-hydrogen) atoms. The second-order valence-electron chi connectivity index (χ2n) is 4.83. The van der Waals surface area contributed by atoms with E-state index in [1.165, 1.54) is 11.9 Å². The van der Waals surface area contributed by atoms with Crippen LogP contribution in [0.4, 0.5) is 4.39 Å². The number of hydrogen-bond acceptors (Lipinski definition) is 4. The van der Waals surface area contributed by atoms with Crippen LogP contribution >= 0.6 is 0 Å².